The molecule has 0 aliphatic rings. The van der Waals surface area contributed by atoms with Crippen LogP contribution >= 0.6 is 0 Å². The number of phenols is 2. The fourth-order valence-corrected chi connectivity index (χ4v) is 4.56. The van der Waals surface area contributed by atoms with Crippen LogP contribution in [-0.2, 0) is 12.8 Å². The maximum Gasteiger partial charge on any atom is 0.339 e. The third-order valence-corrected chi connectivity index (χ3v) is 6.64. The first kappa shape index (κ1) is 30.1. The number of phenolic OH excluding ortho intramolecular Hbond substituents is 1. The topological polar surface area (TPSA) is 87.0 Å². The molecule has 1 rings (SSSR count). The van der Waals surface area contributed by atoms with Crippen LogP contribution in [0.1, 0.15) is 145 Å². The van der Waals surface area contributed by atoms with E-state index < -0.39 is 17.5 Å². The lowest BCUT2D eigenvalue weighted by Crippen LogP contribution is -2.11. The smallest absolute Gasteiger partial charge is 0.339 e. The molecule has 0 amide bonds. The Balaban J connectivity index is 3.05. The zero-order chi connectivity index (χ0) is 25.2. The molecule has 196 valence electrons. The maximum absolute atomic E-state index is 12.1. The van der Waals surface area contributed by atoms with Crippen LogP contribution in [0.3, 0.4) is 0 Å². The molecule has 5 nitrogen and oxygen atoms in total. The second-order valence-electron chi connectivity index (χ2n) is 9.61. The average Bonchev–Trinajstić information content (AvgIpc) is 2.81. The number of carbonyl (C=O) groups is 1. The number of rotatable bonds is 21. The van der Waals surface area contributed by atoms with Crippen LogP contribution in [0, 0.1) is 0 Å². The van der Waals surface area contributed by atoms with Gasteiger partial charge in [-0.05, 0) is 37.7 Å². The lowest BCUT2D eigenvalue weighted by molar-refractivity contribution is 0.0691. The van der Waals surface area contributed by atoms with Gasteiger partial charge < -0.3 is 20.1 Å². The van der Waals surface area contributed by atoms with Crippen LogP contribution in [0.2, 0.25) is 0 Å². The van der Waals surface area contributed by atoms with Crippen molar-refractivity contribution in [3.05, 3.63) is 16.7 Å². The van der Waals surface area contributed by atoms with Crippen molar-refractivity contribution in [3.63, 3.8) is 0 Å². The molecular formula is C29H50O5. The first-order chi connectivity index (χ1) is 16.5. The summed E-state index contributed by atoms with van der Waals surface area (Å²) in [5.41, 5.74) is 1.28. The van der Waals surface area contributed by atoms with Gasteiger partial charge in [-0.2, -0.15) is 0 Å². The molecule has 0 saturated carbocycles. The number of carboxylic acid groups (broad SMARTS) is 1. The molecule has 0 heterocycles. The van der Waals surface area contributed by atoms with E-state index in [0.29, 0.717) is 30.8 Å². The zero-order valence-corrected chi connectivity index (χ0v) is 22.1. The lowest BCUT2D eigenvalue weighted by Gasteiger charge is -2.21. The number of benzene rings is 1. The first-order valence-corrected chi connectivity index (χ1v) is 13.9. The van der Waals surface area contributed by atoms with E-state index in [9.17, 15) is 20.1 Å². The van der Waals surface area contributed by atoms with Gasteiger partial charge in [0.05, 0.1) is 6.61 Å². The molecular weight excluding hydrogens is 428 g/mol. The van der Waals surface area contributed by atoms with Gasteiger partial charge in [-0.25, -0.2) is 4.79 Å². The number of ether oxygens (including phenoxy) is 1. The Morgan fingerprint density at radius 2 is 1.06 bits per heavy atom. The molecule has 0 spiro atoms. The van der Waals surface area contributed by atoms with Crippen LogP contribution in [0.25, 0.3) is 0 Å². The highest BCUT2D eigenvalue weighted by Crippen LogP contribution is 2.45. The summed E-state index contributed by atoms with van der Waals surface area (Å²) in [7, 11) is 0. The van der Waals surface area contributed by atoms with Crippen molar-refractivity contribution in [2.24, 2.45) is 0 Å². The van der Waals surface area contributed by atoms with Crippen LogP contribution in [0.15, 0.2) is 0 Å². The van der Waals surface area contributed by atoms with E-state index in [1.54, 1.807) is 0 Å². The minimum atomic E-state index is -1.19. The molecule has 3 N–H and O–H groups in total. The SMILES string of the molecule is CCCCCCCCCc1c(CCCCCCCCC)c(C(=O)O)c(O)c(O)c1OCCCC. The normalized spacial score (nSPS) is 11.1. The predicted octanol–water partition coefficient (Wildman–Crippen LogP) is 8.56. The van der Waals surface area contributed by atoms with Gasteiger partial charge in [0.15, 0.2) is 11.5 Å². The van der Waals surface area contributed by atoms with Gasteiger partial charge in [-0.15, -0.1) is 0 Å². The highest BCUT2D eigenvalue weighted by atomic mass is 16.5. The minimum Gasteiger partial charge on any atom is -0.504 e. The van der Waals surface area contributed by atoms with Gasteiger partial charge >= 0.3 is 5.97 Å². The molecule has 1 aromatic carbocycles. The Bertz CT molecular complexity index is 698. The minimum absolute atomic E-state index is 0.149. The van der Waals surface area contributed by atoms with E-state index in [1.807, 2.05) is 0 Å². The molecule has 0 aliphatic heterocycles. The summed E-state index contributed by atoms with van der Waals surface area (Å²) in [4.78, 5) is 12.1. The molecule has 0 unspecified atom stereocenters. The molecule has 0 aromatic heterocycles. The molecule has 0 atom stereocenters. The molecule has 34 heavy (non-hydrogen) atoms. The number of carboxylic acids is 1. The number of hydrogen-bond donors (Lipinski definition) is 3. The van der Waals surface area contributed by atoms with E-state index >= 15 is 0 Å². The summed E-state index contributed by atoms with van der Waals surface area (Å²) < 4.78 is 5.94. The lowest BCUT2D eigenvalue weighted by atomic mass is 9.90. The molecule has 0 bridgehead atoms. The van der Waals surface area contributed by atoms with E-state index in [2.05, 4.69) is 20.8 Å². The fourth-order valence-electron chi connectivity index (χ4n) is 4.56. The van der Waals surface area contributed by atoms with Crippen molar-refractivity contribution in [3.8, 4) is 17.2 Å². The molecule has 5 heteroatoms. The quantitative estimate of drug-likeness (QED) is 0.122. The van der Waals surface area contributed by atoms with E-state index in [4.69, 9.17) is 4.74 Å². The first-order valence-electron chi connectivity index (χ1n) is 13.9. The third-order valence-electron chi connectivity index (χ3n) is 6.64. The van der Waals surface area contributed by atoms with Crippen molar-refractivity contribution in [1.82, 2.24) is 0 Å². The van der Waals surface area contributed by atoms with Crippen molar-refractivity contribution in [2.75, 3.05) is 6.61 Å². The molecule has 0 saturated heterocycles. The van der Waals surface area contributed by atoms with Gasteiger partial charge in [0, 0.05) is 5.56 Å². The predicted molar refractivity (Wildman–Crippen MR) is 141 cm³/mol. The number of aromatic carboxylic acids is 1. The van der Waals surface area contributed by atoms with E-state index in [1.165, 1.54) is 51.4 Å². The third kappa shape index (κ3) is 10.6. The summed E-state index contributed by atoms with van der Waals surface area (Å²) in [6.45, 7) is 6.93. The molecule has 1 aromatic rings. The van der Waals surface area contributed by atoms with E-state index in [-0.39, 0.29) is 5.56 Å². The second kappa shape index (κ2) is 18.4. The standard InChI is InChI=1S/C29H50O5/c1-4-7-10-12-14-16-18-20-23-24(21-19-17-15-13-11-8-5-2)28(34-22-9-6-3)27(31)26(30)25(23)29(32)33/h30-31H,4-22H2,1-3H3,(H,32,33). The number of hydrogen-bond acceptors (Lipinski definition) is 4. The Labute approximate surface area is 207 Å². The molecule has 0 aliphatic carbocycles. The van der Waals surface area contributed by atoms with Crippen molar-refractivity contribution >= 4 is 5.97 Å². The summed E-state index contributed by atoms with van der Waals surface area (Å²) in [6, 6.07) is 0. The number of unbranched alkanes of at least 4 members (excludes halogenated alkanes) is 13. The Hall–Kier alpha value is -1.91. The summed E-state index contributed by atoms with van der Waals surface area (Å²) >= 11 is 0. The highest BCUT2D eigenvalue weighted by Gasteiger charge is 2.28. The zero-order valence-electron chi connectivity index (χ0n) is 22.1. The maximum atomic E-state index is 12.1. The monoisotopic (exact) mass is 478 g/mol. The Morgan fingerprint density at radius 1 is 0.618 bits per heavy atom. The van der Waals surface area contributed by atoms with Gasteiger partial charge in [-0.1, -0.05) is 104 Å². The van der Waals surface area contributed by atoms with Crippen molar-refractivity contribution in [2.45, 2.75) is 136 Å². The van der Waals surface area contributed by atoms with Crippen LogP contribution in [0.5, 0.6) is 17.2 Å². The van der Waals surface area contributed by atoms with Gasteiger partial charge in [0.25, 0.3) is 0 Å². The average molecular weight is 479 g/mol. The fraction of sp³-hybridized carbons (Fsp3) is 0.759. The number of aromatic hydroxyl groups is 2. The highest BCUT2D eigenvalue weighted by molar-refractivity contribution is 5.95. The largest absolute Gasteiger partial charge is 0.504 e. The molecule has 0 radical (unpaired) electrons. The van der Waals surface area contributed by atoms with Crippen LogP contribution in [0.4, 0.5) is 0 Å². The van der Waals surface area contributed by atoms with Crippen LogP contribution in [-0.4, -0.2) is 27.9 Å². The Kier molecular flexibility index (Phi) is 16.3. The van der Waals surface area contributed by atoms with Crippen LogP contribution < -0.4 is 4.74 Å². The summed E-state index contributed by atoms with van der Waals surface area (Å²) in [5, 5.41) is 31.2. The van der Waals surface area contributed by atoms with Gasteiger partial charge in [-0.3, -0.25) is 0 Å². The Morgan fingerprint density at radius 3 is 1.53 bits per heavy atom. The second-order valence-corrected chi connectivity index (χ2v) is 9.61. The summed E-state index contributed by atoms with van der Waals surface area (Å²) in [6.07, 6.45) is 19.1. The van der Waals surface area contributed by atoms with Crippen molar-refractivity contribution in [1.29, 1.82) is 0 Å². The van der Waals surface area contributed by atoms with Crippen molar-refractivity contribution < 1.29 is 24.9 Å². The van der Waals surface area contributed by atoms with Gasteiger partial charge in [0.2, 0.25) is 5.75 Å². The molecule has 0 fully saturated rings. The summed E-state index contributed by atoms with van der Waals surface area (Å²) in [5.74, 6) is -1.87. The van der Waals surface area contributed by atoms with E-state index in [0.717, 1.165) is 56.9 Å². The van der Waals surface area contributed by atoms with Gasteiger partial charge in [0.1, 0.15) is 5.56 Å².